The Kier molecular flexibility index (Phi) is 48.2. The molecular formula is C60H117NO8. The third kappa shape index (κ3) is 40.1. The van der Waals surface area contributed by atoms with Crippen molar-refractivity contribution < 1.29 is 39.8 Å². The minimum Gasteiger partial charge on any atom is -0.394 e. The number of aliphatic hydroxyl groups is 5. The highest BCUT2D eigenvalue weighted by atomic mass is 16.7. The van der Waals surface area contributed by atoms with Crippen LogP contribution < -0.4 is 5.32 Å². The lowest BCUT2D eigenvalue weighted by Gasteiger charge is -2.40. The molecule has 1 amide bonds. The van der Waals surface area contributed by atoms with E-state index in [0.717, 1.165) is 38.5 Å². The lowest BCUT2D eigenvalue weighted by atomic mass is 9.99. The molecule has 69 heavy (non-hydrogen) atoms. The summed E-state index contributed by atoms with van der Waals surface area (Å²) in [6, 6.07) is -0.799. The second-order valence-corrected chi connectivity index (χ2v) is 21.5. The first-order valence-electron chi connectivity index (χ1n) is 30.4. The standard InChI is InChI=1S/C60H117NO8/c1-3-5-7-9-11-13-15-17-18-19-20-21-22-23-24-25-26-27-28-29-30-31-32-33-34-35-36-37-38-40-42-44-46-48-50-56(64)61-53(52-68-60-59(67)58(66)57(65)55(51-62)69-60)54(63)49-47-45-43-41-39-16-14-12-10-8-6-4-2/h47,49,53-55,57-60,62-63,65-67H,3-46,48,50-52H2,1-2H3,(H,61,64)/b49-47+/t53-,54+,55+,57-,58?,59?,60+/m0/s1. The van der Waals surface area contributed by atoms with Gasteiger partial charge in [0.05, 0.1) is 25.4 Å². The van der Waals surface area contributed by atoms with Gasteiger partial charge in [-0.15, -0.1) is 0 Å². The molecular weight excluding hydrogens is 863 g/mol. The van der Waals surface area contributed by atoms with Crippen LogP contribution in [0, 0.1) is 0 Å². The van der Waals surface area contributed by atoms with E-state index in [4.69, 9.17) is 9.47 Å². The average Bonchev–Trinajstić information content (AvgIpc) is 3.35. The summed E-state index contributed by atoms with van der Waals surface area (Å²) in [6.45, 7) is 3.80. The van der Waals surface area contributed by atoms with Crippen LogP contribution in [0.5, 0.6) is 0 Å². The molecule has 0 aliphatic carbocycles. The molecule has 1 heterocycles. The molecule has 9 nitrogen and oxygen atoms in total. The fraction of sp³-hybridized carbons (Fsp3) is 0.950. The van der Waals surface area contributed by atoms with Crippen molar-refractivity contribution in [2.24, 2.45) is 0 Å². The van der Waals surface area contributed by atoms with E-state index < -0.39 is 49.5 Å². The van der Waals surface area contributed by atoms with Gasteiger partial charge in [0, 0.05) is 6.42 Å². The highest BCUT2D eigenvalue weighted by Crippen LogP contribution is 2.23. The van der Waals surface area contributed by atoms with Gasteiger partial charge >= 0.3 is 0 Å². The molecule has 1 saturated heterocycles. The van der Waals surface area contributed by atoms with Crippen molar-refractivity contribution in [3.63, 3.8) is 0 Å². The number of amides is 1. The third-order valence-electron chi connectivity index (χ3n) is 14.9. The summed E-state index contributed by atoms with van der Waals surface area (Å²) in [5, 5.41) is 54.4. The summed E-state index contributed by atoms with van der Waals surface area (Å²) >= 11 is 0. The van der Waals surface area contributed by atoms with Crippen LogP contribution in [0.2, 0.25) is 0 Å². The van der Waals surface area contributed by atoms with Gasteiger partial charge in [0.15, 0.2) is 6.29 Å². The smallest absolute Gasteiger partial charge is 0.220 e. The number of nitrogens with one attached hydrogen (secondary N) is 1. The predicted octanol–water partition coefficient (Wildman–Crippen LogP) is 15.2. The van der Waals surface area contributed by atoms with Crippen LogP contribution in [0.3, 0.4) is 0 Å². The fourth-order valence-corrected chi connectivity index (χ4v) is 10.0. The Morgan fingerprint density at radius 1 is 0.478 bits per heavy atom. The molecule has 0 aromatic carbocycles. The molecule has 0 bridgehead atoms. The van der Waals surface area contributed by atoms with Gasteiger partial charge in [-0.2, -0.15) is 0 Å². The van der Waals surface area contributed by atoms with E-state index in [1.807, 2.05) is 6.08 Å². The molecule has 1 aliphatic rings. The molecule has 1 fully saturated rings. The predicted molar refractivity (Wildman–Crippen MR) is 291 cm³/mol. The molecule has 1 aliphatic heterocycles. The SMILES string of the molecule is CCCCCCCCCCCC/C=C/[C@@H](O)[C@H](CO[C@@H]1O[C@H](CO)[C@H](O)C(O)C1O)NC(=O)CCCCCCCCCCCCCCCCCCCCCCCCCCCCCCCCCCCC. The zero-order valence-electron chi connectivity index (χ0n) is 45.6. The summed E-state index contributed by atoms with van der Waals surface area (Å²) in [6.07, 6.45) is 56.0. The Morgan fingerprint density at radius 2 is 0.797 bits per heavy atom. The van der Waals surface area contributed by atoms with E-state index in [1.165, 1.54) is 250 Å². The van der Waals surface area contributed by atoms with Gasteiger partial charge in [0.25, 0.3) is 0 Å². The summed E-state index contributed by atoms with van der Waals surface area (Å²) < 4.78 is 11.2. The molecule has 0 spiro atoms. The number of carbonyl (C=O) groups is 1. The average molecular weight is 981 g/mol. The van der Waals surface area contributed by atoms with Crippen molar-refractivity contribution in [2.75, 3.05) is 13.2 Å². The Labute approximate surface area is 426 Å². The van der Waals surface area contributed by atoms with E-state index in [0.29, 0.717) is 6.42 Å². The zero-order valence-corrected chi connectivity index (χ0v) is 45.6. The molecule has 2 unspecified atom stereocenters. The maximum Gasteiger partial charge on any atom is 0.220 e. The number of rotatable bonds is 53. The second-order valence-electron chi connectivity index (χ2n) is 21.5. The van der Waals surface area contributed by atoms with Crippen LogP contribution >= 0.6 is 0 Å². The van der Waals surface area contributed by atoms with Crippen molar-refractivity contribution in [3.8, 4) is 0 Å². The Hall–Kier alpha value is -1.07. The summed E-state index contributed by atoms with van der Waals surface area (Å²) in [5.41, 5.74) is 0. The fourth-order valence-electron chi connectivity index (χ4n) is 10.0. The first-order valence-corrected chi connectivity index (χ1v) is 30.4. The van der Waals surface area contributed by atoms with Crippen LogP contribution in [0.1, 0.15) is 309 Å². The summed E-state index contributed by atoms with van der Waals surface area (Å²) in [7, 11) is 0. The second kappa shape index (κ2) is 50.5. The molecule has 0 saturated carbocycles. The van der Waals surface area contributed by atoms with Crippen LogP contribution in [-0.2, 0) is 14.3 Å². The van der Waals surface area contributed by atoms with Crippen molar-refractivity contribution in [1.29, 1.82) is 0 Å². The van der Waals surface area contributed by atoms with E-state index >= 15 is 0 Å². The topological polar surface area (TPSA) is 149 Å². The minimum atomic E-state index is -1.56. The molecule has 1 rings (SSSR count). The van der Waals surface area contributed by atoms with E-state index in [1.54, 1.807) is 6.08 Å². The van der Waals surface area contributed by atoms with Gasteiger partial charge in [-0.1, -0.05) is 296 Å². The third-order valence-corrected chi connectivity index (χ3v) is 14.9. The summed E-state index contributed by atoms with van der Waals surface area (Å²) in [5.74, 6) is -0.171. The monoisotopic (exact) mass is 980 g/mol. The minimum absolute atomic E-state index is 0.171. The lowest BCUT2D eigenvalue weighted by molar-refractivity contribution is -0.302. The number of hydrogen-bond acceptors (Lipinski definition) is 8. The number of hydrogen-bond donors (Lipinski definition) is 6. The van der Waals surface area contributed by atoms with Gasteiger partial charge in [-0.25, -0.2) is 0 Å². The number of ether oxygens (including phenoxy) is 2. The van der Waals surface area contributed by atoms with Gasteiger partial charge < -0.3 is 40.3 Å². The number of aliphatic hydroxyl groups excluding tert-OH is 5. The van der Waals surface area contributed by atoms with Crippen LogP contribution in [0.25, 0.3) is 0 Å². The number of allylic oxidation sites excluding steroid dienone is 1. The van der Waals surface area contributed by atoms with E-state index in [2.05, 4.69) is 19.2 Å². The molecule has 6 N–H and O–H groups in total. The van der Waals surface area contributed by atoms with Gasteiger partial charge in [0.1, 0.15) is 24.4 Å². The van der Waals surface area contributed by atoms with Crippen molar-refractivity contribution >= 4 is 5.91 Å². The van der Waals surface area contributed by atoms with Crippen LogP contribution in [0.4, 0.5) is 0 Å². The van der Waals surface area contributed by atoms with Crippen LogP contribution in [-0.4, -0.2) is 87.5 Å². The molecule has 9 heteroatoms. The molecule has 7 atom stereocenters. The Balaban J connectivity index is 2.05. The first-order chi connectivity index (χ1) is 33.8. The molecule has 0 aromatic rings. The van der Waals surface area contributed by atoms with Crippen molar-refractivity contribution in [1.82, 2.24) is 5.32 Å². The summed E-state index contributed by atoms with van der Waals surface area (Å²) in [4.78, 5) is 13.0. The van der Waals surface area contributed by atoms with Gasteiger partial charge in [0.2, 0.25) is 5.91 Å². The van der Waals surface area contributed by atoms with Gasteiger partial charge in [-0.3, -0.25) is 4.79 Å². The van der Waals surface area contributed by atoms with Crippen molar-refractivity contribution in [3.05, 3.63) is 12.2 Å². The first kappa shape index (κ1) is 65.9. The Bertz CT molecular complexity index is 1090. The van der Waals surface area contributed by atoms with E-state index in [-0.39, 0.29) is 12.5 Å². The molecule has 0 aromatic heterocycles. The van der Waals surface area contributed by atoms with E-state index in [9.17, 15) is 30.3 Å². The lowest BCUT2D eigenvalue weighted by Crippen LogP contribution is -2.60. The Morgan fingerprint density at radius 3 is 1.13 bits per heavy atom. The van der Waals surface area contributed by atoms with Crippen molar-refractivity contribution in [2.45, 2.75) is 352 Å². The maximum atomic E-state index is 13.0. The highest BCUT2D eigenvalue weighted by molar-refractivity contribution is 5.76. The highest BCUT2D eigenvalue weighted by Gasteiger charge is 2.44. The maximum absolute atomic E-state index is 13.0. The zero-order chi connectivity index (χ0) is 50.1. The normalized spacial score (nSPS) is 19.4. The molecule has 410 valence electrons. The van der Waals surface area contributed by atoms with Gasteiger partial charge in [-0.05, 0) is 19.3 Å². The van der Waals surface area contributed by atoms with Crippen LogP contribution in [0.15, 0.2) is 12.2 Å². The number of carbonyl (C=O) groups excluding carboxylic acids is 1. The largest absolute Gasteiger partial charge is 0.394 e. The number of unbranched alkanes of at least 4 members (excludes halogenated alkanes) is 43. The quantitative estimate of drug-likeness (QED) is 0.0261. The molecule has 0 radical (unpaired) electrons.